The lowest BCUT2D eigenvalue weighted by Gasteiger charge is -2.24. The molecule has 0 radical (unpaired) electrons. The van der Waals surface area contributed by atoms with Crippen LogP contribution in [0.2, 0.25) is 10.0 Å². The van der Waals surface area contributed by atoms with Crippen LogP contribution in [0.1, 0.15) is 43.1 Å². The van der Waals surface area contributed by atoms with Gasteiger partial charge in [0.15, 0.2) is 12.4 Å². The minimum absolute atomic E-state index is 0.0392. The molecular weight excluding hydrogens is 493 g/mol. The quantitative estimate of drug-likeness (QED) is 0.303. The Morgan fingerprint density at radius 1 is 1.00 bits per heavy atom. The molecule has 3 rings (SSSR count). The van der Waals surface area contributed by atoms with Crippen molar-refractivity contribution >= 4 is 56.6 Å². The third kappa shape index (κ3) is 5.61. The van der Waals surface area contributed by atoms with E-state index in [2.05, 4.69) is 0 Å². The van der Waals surface area contributed by atoms with Crippen LogP contribution in [-0.4, -0.2) is 61.5 Å². The summed E-state index contributed by atoms with van der Waals surface area (Å²) in [7, 11) is -3.54. The number of halogens is 2. The first-order chi connectivity index (χ1) is 15.4. The maximum atomic E-state index is 12.9. The van der Waals surface area contributed by atoms with E-state index in [-0.39, 0.29) is 21.2 Å². The number of benzene rings is 2. The Balaban J connectivity index is 1.84. The second kappa shape index (κ2) is 9.62. The zero-order chi connectivity index (χ0) is 24.5. The first-order valence-electron chi connectivity index (χ1n) is 9.70. The lowest BCUT2D eigenvalue weighted by atomic mass is 10.1. The highest BCUT2D eigenvalue weighted by molar-refractivity contribution is 7.90. The van der Waals surface area contributed by atoms with Gasteiger partial charge >= 0.3 is 5.97 Å². The Morgan fingerprint density at radius 3 is 2.00 bits per heavy atom. The molecule has 0 unspecified atom stereocenters. The normalized spacial score (nSPS) is 14.2. The second-order valence-electron chi connectivity index (χ2n) is 7.62. The number of Topliss-reactive ketones (excluding diaryl/α,β-unsaturated/α-hetero) is 1. The van der Waals surface area contributed by atoms with Crippen LogP contribution in [0.5, 0.6) is 0 Å². The fourth-order valence-corrected chi connectivity index (χ4v) is 4.25. The van der Waals surface area contributed by atoms with Gasteiger partial charge in [-0.1, -0.05) is 53.0 Å². The second-order valence-corrected chi connectivity index (χ2v) is 10.7. The number of ether oxygens (including phenoxy) is 1. The van der Waals surface area contributed by atoms with Crippen molar-refractivity contribution in [1.82, 2.24) is 4.90 Å². The van der Waals surface area contributed by atoms with Crippen LogP contribution in [-0.2, 0) is 19.4 Å². The molecule has 2 aromatic carbocycles. The smallest absolute Gasteiger partial charge is 0.329 e. The first-order valence-corrected chi connectivity index (χ1v) is 12.5. The Morgan fingerprint density at radius 2 is 1.52 bits per heavy atom. The van der Waals surface area contributed by atoms with Crippen molar-refractivity contribution in [2.24, 2.45) is 0 Å². The summed E-state index contributed by atoms with van der Waals surface area (Å²) < 4.78 is 28.5. The molecule has 174 valence electrons. The molecule has 0 fully saturated rings. The van der Waals surface area contributed by atoms with Crippen molar-refractivity contribution < 1.29 is 32.3 Å². The van der Waals surface area contributed by atoms with Gasteiger partial charge in [0.1, 0.15) is 15.9 Å². The Labute approximate surface area is 200 Å². The molecular formula is C22H19Cl2NO7S. The molecule has 33 heavy (non-hydrogen) atoms. The predicted molar refractivity (Wildman–Crippen MR) is 122 cm³/mol. The molecule has 8 nitrogen and oxygen atoms in total. The Bertz CT molecular complexity index is 1220. The lowest BCUT2D eigenvalue weighted by Crippen LogP contribution is -2.46. The minimum atomic E-state index is -3.54. The van der Waals surface area contributed by atoms with Crippen LogP contribution >= 0.6 is 23.2 Å². The maximum absolute atomic E-state index is 12.9. The average Bonchev–Trinajstić information content (AvgIpc) is 2.97. The van der Waals surface area contributed by atoms with Gasteiger partial charge in [0.25, 0.3) is 11.8 Å². The molecule has 0 saturated heterocycles. The van der Waals surface area contributed by atoms with E-state index in [1.807, 2.05) is 6.92 Å². The van der Waals surface area contributed by atoms with E-state index in [0.717, 1.165) is 11.8 Å². The highest BCUT2D eigenvalue weighted by Crippen LogP contribution is 2.33. The topological polar surface area (TPSA) is 115 Å². The summed E-state index contributed by atoms with van der Waals surface area (Å²) in [6, 6.07) is 7.45. The van der Waals surface area contributed by atoms with Crippen molar-refractivity contribution in [2.45, 2.75) is 19.4 Å². The number of hydrogen-bond acceptors (Lipinski definition) is 7. The van der Waals surface area contributed by atoms with Crippen molar-refractivity contribution in [3.63, 3.8) is 0 Å². The van der Waals surface area contributed by atoms with Gasteiger partial charge in [0, 0.05) is 11.8 Å². The molecule has 1 atom stereocenters. The SMILES string of the molecule is Cc1ccc(C(=O)COC(=O)[C@@H](CCS(C)(=O)=O)N2C(=O)c3cc(Cl)c(Cl)cc3C2=O)cc1. The van der Waals surface area contributed by atoms with Gasteiger partial charge in [0.05, 0.1) is 26.9 Å². The number of imide groups is 1. The molecule has 11 heteroatoms. The molecule has 0 aromatic heterocycles. The van der Waals surface area contributed by atoms with Crippen LogP contribution in [0.3, 0.4) is 0 Å². The summed E-state index contributed by atoms with van der Waals surface area (Å²) in [6.45, 7) is 1.21. The van der Waals surface area contributed by atoms with Crippen molar-refractivity contribution in [1.29, 1.82) is 0 Å². The predicted octanol–water partition coefficient (Wildman–Crippen LogP) is 3.13. The lowest BCUT2D eigenvalue weighted by molar-refractivity contribution is -0.147. The molecule has 0 aliphatic carbocycles. The van der Waals surface area contributed by atoms with Gasteiger partial charge < -0.3 is 4.74 Å². The number of rotatable bonds is 8. The van der Waals surface area contributed by atoms with Gasteiger partial charge in [-0.2, -0.15) is 0 Å². The van der Waals surface area contributed by atoms with Crippen molar-refractivity contribution in [3.8, 4) is 0 Å². The molecule has 2 aromatic rings. The summed E-state index contributed by atoms with van der Waals surface area (Å²) in [6.07, 6.45) is 0.557. The van der Waals surface area contributed by atoms with Gasteiger partial charge in [-0.05, 0) is 25.5 Å². The van der Waals surface area contributed by atoms with Gasteiger partial charge in [-0.3, -0.25) is 19.3 Å². The molecule has 1 heterocycles. The largest absolute Gasteiger partial charge is 0.456 e. The number of ketones is 1. The van der Waals surface area contributed by atoms with Crippen molar-refractivity contribution in [2.75, 3.05) is 18.6 Å². The fraction of sp³-hybridized carbons (Fsp3) is 0.273. The summed E-state index contributed by atoms with van der Waals surface area (Å²) in [5.74, 6) is -3.74. The molecule has 1 aliphatic rings. The Kier molecular flexibility index (Phi) is 7.26. The van der Waals surface area contributed by atoms with E-state index in [1.54, 1.807) is 24.3 Å². The van der Waals surface area contributed by atoms with E-state index in [0.29, 0.717) is 10.5 Å². The number of carbonyl (C=O) groups excluding carboxylic acids is 4. The van der Waals surface area contributed by atoms with E-state index >= 15 is 0 Å². The number of nitrogens with zero attached hydrogens (tertiary/aromatic N) is 1. The monoisotopic (exact) mass is 511 g/mol. The summed E-state index contributed by atoms with van der Waals surface area (Å²) in [5, 5.41) is 0.0785. The number of sulfone groups is 1. The molecule has 1 aliphatic heterocycles. The fourth-order valence-electron chi connectivity index (χ4n) is 3.27. The summed E-state index contributed by atoms with van der Waals surface area (Å²) in [4.78, 5) is 51.6. The number of aryl methyl sites for hydroxylation is 1. The maximum Gasteiger partial charge on any atom is 0.329 e. The number of amides is 2. The number of carbonyl (C=O) groups is 4. The minimum Gasteiger partial charge on any atom is -0.456 e. The zero-order valence-corrected chi connectivity index (χ0v) is 20.0. The summed E-state index contributed by atoms with van der Waals surface area (Å²) >= 11 is 11.9. The molecule has 0 spiro atoms. The zero-order valence-electron chi connectivity index (χ0n) is 17.6. The first kappa shape index (κ1) is 24.9. The average molecular weight is 512 g/mol. The van der Waals surface area contributed by atoms with Crippen LogP contribution < -0.4 is 0 Å². The van der Waals surface area contributed by atoms with Crippen LogP contribution in [0.15, 0.2) is 36.4 Å². The van der Waals surface area contributed by atoms with Gasteiger partial charge in [0.2, 0.25) is 0 Å². The number of hydrogen-bond donors (Lipinski definition) is 0. The van der Waals surface area contributed by atoms with Crippen LogP contribution in [0, 0.1) is 6.92 Å². The highest BCUT2D eigenvalue weighted by Gasteiger charge is 2.44. The van der Waals surface area contributed by atoms with Crippen LogP contribution in [0.4, 0.5) is 0 Å². The van der Waals surface area contributed by atoms with Crippen LogP contribution in [0.25, 0.3) is 0 Å². The van der Waals surface area contributed by atoms with Crippen molar-refractivity contribution in [3.05, 3.63) is 68.7 Å². The summed E-state index contributed by atoms with van der Waals surface area (Å²) in [5.41, 5.74) is 1.12. The third-order valence-corrected chi connectivity index (χ3v) is 6.72. The van der Waals surface area contributed by atoms with E-state index in [9.17, 15) is 27.6 Å². The molecule has 0 saturated carbocycles. The van der Waals surface area contributed by atoms with E-state index in [4.69, 9.17) is 27.9 Å². The van der Waals surface area contributed by atoms with E-state index < -0.39 is 58.2 Å². The molecule has 0 bridgehead atoms. The van der Waals surface area contributed by atoms with Gasteiger partial charge in [-0.15, -0.1) is 0 Å². The standard InChI is InChI=1S/C22H19Cl2NO7S/c1-12-3-5-13(6-4-12)19(26)11-32-22(29)18(7-8-33(2,30)31)25-20(27)14-9-16(23)17(24)10-15(14)21(25)28/h3-6,9-10,18H,7-8,11H2,1-2H3/t18-/m1/s1. The molecule has 2 amide bonds. The third-order valence-electron chi connectivity index (χ3n) is 5.02. The number of fused-ring (bicyclic) bond motifs is 1. The van der Waals surface area contributed by atoms with Gasteiger partial charge in [-0.25, -0.2) is 13.2 Å². The molecule has 0 N–H and O–H groups in total. The highest BCUT2D eigenvalue weighted by atomic mass is 35.5. The number of esters is 1. The van der Waals surface area contributed by atoms with E-state index in [1.165, 1.54) is 12.1 Å². The Hall–Kier alpha value is -2.75.